The average molecular weight is 316 g/mol. The third-order valence-corrected chi connectivity index (χ3v) is 3.14. The average Bonchev–Trinajstić information content (AvgIpc) is 2.53. The van der Waals surface area contributed by atoms with Crippen LogP contribution in [-0.4, -0.2) is 22.4 Å². The Morgan fingerprint density at radius 2 is 1.48 bits per heavy atom. The minimum absolute atomic E-state index is 0.0221. The van der Waals surface area contributed by atoms with Crippen molar-refractivity contribution in [3.8, 4) is 0 Å². The van der Waals surface area contributed by atoms with Crippen LogP contribution in [0.25, 0.3) is 0 Å². The van der Waals surface area contributed by atoms with Crippen molar-refractivity contribution in [2.75, 3.05) is 17.2 Å². The molecule has 0 amide bonds. The van der Waals surface area contributed by atoms with Gasteiger partial charge in [-0.05, 0) is 19.1 Å². The molecule has 0 fully saturated rings. The third kappa shape index (κ3) is 4.67. The standard InChI is InChI=1S/C15H16N4O4/c1-11(17-13-5-3-7-15(9-13)19(22)23)10-16-12-4-2-6-14(8-12)18(20)21/h2-9,11,16-17H,10H2,1H3. The first-order chi connectivity index (χ1) is 11.0. The predicted molar refractivity (Wildman–Crippen MR) is 87.8 cm³/mol. The maximum Gasteiger partial charge on any atom is 0.271 e. The van der Waals surface area contributed by atoms with Crippen LogP contribution < -0.4 is 10.6 Å². The van der Waals surface area contributed by atoms with E-state index < -0.39 is 9.85 Å². The molecule has 2 aromatic carbocycles. The van der Waals surface area contributed by atoms with E-state index in [-0.39, 0.29) is 17.4 Å². The maximum absolute atomic E-state index is 10.7. The van der Waals surface area contributed by atoms with E-state index in [1.807, 2.05) is 6.92 Å². The summed E-state index contributed by atoms with van der Waals surface area (Å²) < 4.78 is 0. The molecule has 0 heterocycles. The molecule has 0 aromatic heterocycles. The number of nitro benzene ring substituents is 2. The van der Waals surface area contributed by atoms with Gasteiger partial charge in [0, 0.05) is 48.2 Å². The van der Waals surface area contributed by atoms with E-state index in [9.17, 15) is 20.2 Å². The van der Waals surface area contributed by atoms with Gasteiger partial charge in [-0.15, -0.1) is 0 Å². The summed E-state index contributed by atoms with van der Waals surface area (Å²) >= 11 is 0. The molecule has 0 aliphatic heterocycles. The van der Waals surface area contributed by atoms with Crippen molar-refractivity contribution >= 4 is 22.7 Å². The lowest BCUT2D eigenvalue weighted by molar-refractivity contribution is -0.385. The molecule has 0 saturated heterocycles. The van der Waals surface area contributed by atoms with Gasteiger partial charge < -0.3 is 10.6 Å². The van der Waals surface area contributed by atoms with Crippen LogP contribution in [0.2, 0.25) is 0 Å². The van der Waals surface area contributed by atoms with Crippen LogP contribution in [0.5, 0.6) is 0 Å². The molecule has 2 rings (SSSR count). The van der Waals surface area contributed by atoms with Crippen molar-refractivity contribution in [2.45, 2.75) is 13.0 Å². The summed E-state index contributed by atoms with van der Waals surface area (Å²) in [6.07, 6.45) is 0. The molecule has 8 nitrogen and oxygen atoms in total. The van der Waals surface area contributed by atoms with Gasteiger partial charge in [0.1, 0.15) is 0 Å². The fourth-order valence-corrected chi connectivity index (χ4v) is 2.05. The van der Waals surface area contributed by atoms with Gasteiger partial charge in [-0.1, -0.05) is 12.1 Å². The van der Waals surface area contributed by atoms with Crippen LogP contribution in [0.3, 0.4) is 0 Å². The quantitative estimate of drug-likeness (QED) is 0.598. The SMILES string of the molecule is CC(CNc1cccc([N+](=O)[O-])c1)Nc1cccc([N+](=O)[O-])c1. The topological polar surface area (TPSA) is 110 Å². The van der Waals surface area contributed by atoms with E-state index >= 15 is 0 Å². The Kier molecular flexibility index (Phi) is 5.08. The van der Waals surface area contributed by atoms with Crippen LogP contribution in [0.15, 0.2) is 48.5 Å². The van der Waals surface area contributed by atoms with Crippen molar-refractivity contribution in [1.29, 1.82) is 0 Å². The normalized spacial score (nSPS) is 11.5. The molecule has 8 heteroatoms. The lowest BCUT2D eigenvalue weighted by Crippen LogP contribution is -2.24. The first-order valence-corrected chi connectivity index (χ1v) is 6.95. The lowest BCUT2D eigenvalue weighted by Gasteiger charge is -2.16. The molecule has 0 aliphatic rings. The number of non-ortho nitro benzene ring substituents is 2. The zero-order valence-corrected chi connectivity index (χ0v) is 12.4. The van der Waals surface area contributed by atoms with Gasteiger partial charge in [-0.2, -0.15) is 0 Å². The molecular weight excluding hydrogens is 300 g/mol. The van der Waals surface area contributed by atoms with Crippen molar-refractivity contribution in [3.63, 3.8) is 0 Å². The maximum atomic E-state index is 10.7. The van der Waals surface area contributed by atoms with Crippen LogP contribution in [0, 0.1) is 20.2 Å². The van der Waals surface area contributed by atoms with Gasteiger partial charge in [0.15, 0.2) is 0 Å². The van der Waals surface area contributed by atoms with Crippen molar-refractivity contribution < 1.29 is 9.85 Å². The molecule has 1 atom stereocenters. The number of rotatable bonds is 7. The number of nitro groups is 2. The van der Waals surface area contributed by atoms with Gasteiger partial charge in [-0.3, -0.25) is 20.2 Å². The first-order valence-electron chi connectivity index (χ1n) is 6.95. The van der Waals surface area contributed by atoms with Crippen LogP contribution in [0.1, 0.15) is 6.92 Å². The summed E-state index contributed by atoms with van der Waals surface area (Å²) in [7, 11) is 0. The molecule has 120 valence electrons. The summed E-state index contributed by atoms with van der Waals surface area (Å²) in [5.41, 5.74) is 1.34. The molecule has 23 heavy (non-hydrogen) atoms. The smallest absolute Gasteiger partial charge is 0.271 e. The lowest BCUT2D eigenvalue weighted by atomic mass is 10.2. The molecule has 2 aromatic rings. The Morgan fingerprint density at radius 1 is 0.957 bits per heavy atom. The fourth-order valence-electron chi connectivity index (χ4n) is 2.05. The largest absolute Gasteiger partial charge is 0.383 e. The number of nitrogens with one attached hydrogen (secondary N) is 2. The second-order valence-electron chi connectivity index (χ2n) is 5.04. The first kappa shape index (κ1) is 16.2. The zero-order valence-electron chi connectivity index (χ0n) is 12.4. The molecular formula is C15H16N4O4. The van der Waals surface area contributed by atoms with Crippen LogP contribution in [0.4, 0.5) is 22.7 Å². The monoisotopic (exact) mass is 316 g/mol. The molecule has 0 spiro atoms. The Bertz CT molecular complexity index is 720. The van der Waals surface area contributed by atoms with Gasteiger partial charge in [0.2, 0.25) is 0 Å². The van der Waals surface area contributed by atoms with E-state index in [1.165, 1.54) is 24.3 Å². The van der Waals surface area contributed by atoms with Gasteiger partial charge in [0.25, 0.3) is 11.4 Å². The number of nitrogens with zero attached hydrogens (tertiary/aromatic N) is 2. The van der Waals surface area contributed by atoms with E-state index in [1.54, 1.807) is 24.3 Å². The van der Waals surface area contributed by atoms with Crippen LogP contribution >= 0.6 is 0 Å². The zero-order chi connectivity index (χ0) is 16.8. The molecule has 0 aliphatic carbocycles. The van der Waals surface area contributed by atoms with E-state index in [4.69, 9.17) is 0 Å². The molecule has 0 saturated carbocycles. The Balaban J connectivity index is 1.93. The summed E-state index contributed by atoms with van der Waals surface area (Å²) in [5.74, 6) is 0. The molecule has 0 radical (unpaired) electrons. The molecule has 1 unspecified atom stereocenters. The van der Waals surface area contributed by atoms with Crippen LogP contribution in [-0.2, 0) is 0 Å². The van der Waals surface area contributed by atoms with Gasteiger partial charge in [0.05, 0.1) is 9.85 Å². The van der Waals surface area contributed by atoms with Crippen molar-refractivity contribution in [3.05, 3.63) is 68.8 Å². The number of benzene rings is 2. The van der Waals surface area contributed by atoms with Gasteiger partial charge >= 0.3 is 0 Å². The Labute approximate surface area is 132 Å². The number of hydrogen-bond acceptors (Lipinski definition) is 6. The summed E-state index contributed by atoms with van der Waals surface area (Å²) in [5, 5.41) is 27.7. The van der Waals surface area contributed by atoms with Crippen molar-refractivity contribution in [2.24, 2.45) is 0 Å². The van der Waals surface area contributed by atoms with Gasteiger partial charge in [-0.25, -0.2) is 0 Å². The fraction of sp³-hybridized carbons (Fsp3) is 0.200. The minimum Gasteiger partial charge on any atom is -0.383 e. The third-order valence-electron chi connectivity index (χ3n) is 3.14. The summed E-state index contributed by atoms with van der Waals surface area (Å²) in [6, 6.07) is 12.5. The molecule has 0 bridgehead atoms. The van der Waals surface area contributed by atoms with E-state index in [0.717, 1.165) is 0 Å². The summed E-state index contributed by atoms with van der Waals surface area (Å²) in [4.78, 5) is 20.6. The highest BCUT2D eigenvalue weighted by Crippen LogP contribution is 2.19. The highest BCUT2D eigenvalue weighted by atomic mass is 16.6. The highest BCUT2D eigenvalue weighted by Gasteiger charge is 2.09. The second-order valence-corrected chi connectivity index (χ2v) is 5.04. The Morgan fingerprint density at radius 3 is 2.04 bits per heavy atom. The predicted octanol–water partition coefficient (Wildman–Crippen LogP) is 3.42. The highest BCUT2D eigenvalue weighted by molar-refractivity contribution is 5.53. The second kappa shape index (κ2) is 7.21. The Hall–Kier alpha value is -3.16. The van der Waals surface area contributed by atoms with E-state index in [0.29, 0.717) is 17.9 Å². The van der Waals surface area contributed by atoms with Crippen molar-refractivity contribution in [1.82, 2.24) is 0 Å². The number of hydrogen-bond donors (Lipinski definition) is 2. The van der Waals surface area contributed by atoms with E-state index in [2.05, 4.69) is 10.6 Å². The number of anilines is 2. The molecule has 2 N–H and O–H groups in total. The minimum atomic E-state index is -0.448. The summed E-state index contributed by atoms with van der Waals surface area (Å²) in [6.45, 7) is 2.41.